The molecule has 18 heavy (non-hydrogen) atoms. The second kappa shape index (κ2) is 4.39. The van der Waals surface area contributed by atoms with Gasteiger partial charge in [0.1, 0.15) is 0 Å². The number of rotatable bonds is 2. The van der Waals surface area contributed by atoms with Crippen molar-refractivity contribution in [2.45, 2.75) is 31.7 Å². The molecule has 1 spiro atoms. The van der Waals surface area contributed by atoms with E-state index in [2.05, 4.69) is 17.4 Å². The Balaban J connectivity index is 1.79. The summed E-state index contributed by atoms with van der Waals surface area (Å²) in [6, 6.07) is 8.33. The highest BCUT2D eigenvalue weighted by molar-refractivity contribution is 5.89. The number of carbonyl (C=O) groups is 1. The molecule has 1 saturated carbocycles. The number of hydrogen-bond acceptors (Lipinski definition) is 3. The van der Waals surface area contributed by atoms with E-state index in [9.17, 15) is 4.79 Å². The van der Waals surface area contributed by atoms with Crippen LogP contribution in [0.15, 0.2) is 24.3 Å². The van der Waals surface area contributed by atoms with Crippen LogP contribution in [-0.2, 0) is 4.74 Å². The van der Waals surface area contributed by atoms with Gasteiger partial charge in [-0.3, -0.25) is 0 Å². The third-order valence-corrected chi connectivity index (χ3v) is 4.54. The number of hydrogen-bond donors (Lipinski definition) is 1. The van der Waals surface area contributed by atoms with Crippen molar-refractivity contribution in [1.82, 2.24) is 5.32 Å². The van der Waals surface area contributed by atoms with Gasteiger partial charge in [0, 0.05) is 18.0 Å². The zero-order valence-electron chi connectivity index (χ0n) is 10.7. The number of methoxy groups -OCH3 is 1. The fourth-order valence-corrected chi connectivity index (χ4v) is 3.44. The largest absolute Gasteiger partial charge is 0.465 e. The Bertz CT molecular complexity index is 446. The smallest absolute Gasteiger partial charge is 0.337 e. The molecule has 1 heterocycles. The number of nitrogens with one attached hydrogen (secondary N) is 1. The van der Waals surface area contributed by atoms with Gasteiger partial charge in [0.2, 0.25) is 0 Å². The van der Waals surface area contributed by atoms with Gasteiger partial charge in [0.05, 0.1) is 12.7 Å². The summed E-state index contributed by atoms with van der Waals surface area (Å²) >= 11 is 0. The lowest BCUT2D eigenvalue weighted by atomic mass is 9.69. The lowest BCUT2D eigenvalue weighted by Gasteiger charge is -2.49. The van der Waals surface area contributed by atoms with Gasteiger partial charge in [-0.1, -0.05) is 25.0 Å². The van der Waals surface area contributed by atoms with Crippen LogP contribution < -0.4 is 5.32 Å². The average molecular weight is 245 g/mol. The summed E-state index contributed by atoms with van der Waals surface area (Å²) in [7, 11) is 1.41. The van der Waals surface area contributed by atoms with Crippen molar-refractivity contribution < 1.29 is 9.53 Å². The van der Waals surface area contributed by atoms with Gasteiger partial charge in [-0.2, -0.15) is 0 Å². The Labute approximate surface area is 108 Å². The van der Waals surface area contributed by atoms with Crippen LogP contribution in [0, 0.1) is 5.41 Å². The van der Waals surface area contributed by atoms with E-state index in [1.165, 1.54) is 38.4 Å². The van der Waals surface area contributed by atoms with Crippen molar-refractivity contribution >= 4 is 5.97 Å². The molecule has 0 bridgehead atoms. The molecule has 1 aromatic carbocycles. The topological polar surface area (TPSA) is 38.3 Å². The highest BCUT2D eigenvalue weighted by Crippen LogP contribution is 2.52. The number of carbonyl (C=O) groups excluding carboxylic acids is 1. The SMILES string of the molecule is COC(=O)c1ccc(C2NCC23CCCC3)cc1. The molecular weight excluding hydrogens is 226 g/mol. The molecule has 96 valence electrons. The summed E-state index contributed by atoms with van der Waals surface area (Å²) in [5, 5.41) is 3.54. The van der Waals surface area contributed by atoms with E-state index in [1.807, 2.05) is 12.1 Å². The molecule has 0 aromatic heterocycles. The summed E-state index contributed by atoms with van der Waals surface area (Å²) in [6.07, 6.45) is 5.39. The van der Waals surface area contributed by atoms with E-state index in [4.69, 9.17) is 4.74 Å². The van der Waals surface area contributed by atoms with Crippen LogP contribution in [0.25, 0.3) is 0 Å². The Morgan fingerprint density at radius 1 is 1.28 bits per heavy atom. The Morgan fingerprint density at radius 2 is 1.94 bits per heavy atom. The van der Waals surface area contributed by atoms with Gasteiger partial charge >= 0.3 is 5.97 Å². The van der Waals surface area contributed by atoms with Gasteiger partial charge in [-0.15, -0.1) is 0 Å². The predicted molar refractivity (Wildman–Crippen MR) is 69.4 cm³/mol. The van der Waals surface area contributed by atoms with Crippen molar-refractivity contribution in [3.8, 4) is 0 Å². The van der Waals surface area contributed by atoms with Gasteiger partial charge < -0.3 is 10.1 Å². The summed E-state index contributed by atoms with van der Waals surface area (Å²) in [4.78, 5) is 11.4. The first-order chi connectivity index (χ1) is 8.75. The van der Waals surface area contributed by atoms with Crippen molar-refractivity contribution in [1.29, 1.82) is 0 Å². The van der Waals surface area contributed by atoms with E-state index in [1.54, 1.807) is 0 Å². The Morgan fingerprint density at radius 3 is 2.44 bits per heavy atom. The van der Waals surface area contributed by atoms with Crippen molar-refractivity contribution in [2.75, 3.05) is 13.7 Å². The minimum Gasteiger partial charge on any atom is -0.465 e. The highest BCUT2D eigenvalue weighted by atomic mass is 16.5. The summed E-state index contributed by atoms with van der Waals surface area (Å²) in [5.41, 5.74) is 2.42. The van der Waals surface area contributed by atoms with Crippen molar-refractivity contribution in [2.24, 2.45) is 5.41 Å². The van der Waals surface area contributed by atoms with Gasteiger partial charge in [-0.25, -0.2) is 4.79 Å². The third-order valence-electron chi connectivity index (χ3n) is 4.54. The first kappa shape index (κ1) is 11.7. The van der Waals surface area contributed by atoms with Crippen LogP contribution in [0.3, 0.4) is 0 Å². The molecule has 1 N–H and O–H groups in total. The Hall–Kier alpha value is -1.35. The maximum absolute atomic E-state index is 11.4. The molecule has 0 radical (unpaired) electrons. The van der Waals surface area contributed by atoms with Crippen LogP contribution in [0.5, 0.6) is 0 Å². The molecule has 1 aliphatic heterocycles. The molecule has 1 aromatic rings. The van der Waals surface area contributed by atoms with Gasteiger partial charge in [0.15, 0.2) is 0 Å². The lowest BCUT2D eigenvalue weighted by Crippen LogP contribution is -2.54. The minimum absolute atomic E-state index is 0.265. The second-order valence-corrected chi connectivity index (χ2v) is 5.50. The third kappa shape index (κ3) is 1.74. The zero-order chi connectivity index (χ0) is 12.6. The maximum atomic E-state index is 11.4. The van der Waals surface area contributed by atoms with E-state index >= 15 is 0 Å². The summed E-state index contributed by atoms with van der Waals surface area (Å²) in [6.45, 7) is 1.15. The standard InChI is InChI=1S/C15H19NO2/c1-18-14(17)12-6-4-11(5-7-12)13-15(10-16-13)8-2-3-9-15/h4-7,13,16H,2-3,8-10H2,1H3. The molecule has 2 fully saturated rings. The first-order valence-electron chi connectivity index (χ1n) is 6.67. The monoisotopic (exact) mass is 245 g/mol. The normalized spacial score (nSPS) is 24.8. The fraction of sp³-hybridized carbons (Fsp3) is 0.533. The van der Waals surface area contributed by atoms with Gasteiger partial charge in [0.25, 0.3) is 0 Å². The van der Waals surface area contributed by atoms with Crippen molar-refractivity contribution in [3.05, 3.63) is 35.4 Å². The van der Waals surface area contributed by atoms with Crippen LogP contribution in [0.4, 0.5) is 0 Å². The van der Waals surface area contributed by atoms with E-state index in [0.717, 1.165) is 6.54 Å². The van der Waals surface area contributed by atoms with E-state index < -0.39 is 0 Å². The van der Waals surface area contributed by atoms with Crippen molar-refractivity contribution in [3.63, 3.8) is 0 Å². The van der Waals surface area contributed by atoms with Gasteiger partial charge in [-0.05, 0) is 30.5 Å². The summed E-state index contributed by atoms with van der Waals surface area (Å²) in [5.74, 6) is -0.265. The van der Waals surface area contributed by atoms with Crippen LogP contribution in [0.2, 0.25) is 0 Å². The molecule has 1 unspecified atom stereocenters. The first-order valence-corrected chi connectivity index (χ1v) is 6.67. The molecule has 3 rings (SSSR count). The molecule has 1 saturated heterocycles. The number of esters is 1. The lowest BCUT2D eigenvalue weighted by molar-refractivity contribution is 0.0600. The van der Waals surface area contributed by atoms with E-state index in [0.29, 0.717) is 17.0 Å². The minimum atomic E-state index is -0.265. The molecule has 1 atom stereocenters. The molecule has 3 heteroatoms. The van der Waals surface area contributed by atoms with E-state index in [-0.39, 0.29) is 5.97 Å². The summed E-state index contributed by atoms with van der Waals surface area (Å²) < 4.78 is 4.72. The quantitative estimate of drug-likeness (QED) is 0.814. The zero-order valence-corrected chi connectivity index (χ0v) is 10.7. The highest BCUT2D eigenvalue weighted by Gasteiger charge is 2.48. The molecule has 2 aliphatic rings. The van der Waals surface area contributed by atoms with Crippen LogP contribution in [0.1, 0.15) is 47.6 Å². The molecule has 0 amide bonds. The van der Waals surface area contributed by atoms with Crippen LogP contribution in [-0.4, -0.2) is 19.6 Å². The predicted octanol–water partition coefficient (Wildman–Crippen LogP) is 2.68. The average Bonchev–Trinajstić information content (AvgIpc) is 2.89. The molecule has 3 nitrogen and oxygen atoms in total. The van der Waals surface area contributed by atoms with Crippen LogP contribution >= 0.6 is 0 Å². The second-order valence-electron chi connectivity index (χ2n) is 5.50. The number of benzene rings is 1. The maximum Gasteiger partial charge on any atom is 0.337 e. The molecule has 1 aliphatic carbocycles. The Kier molecular flexibility index (Phi) is 2.86. The molecular formula is C15H19NO2. The fourth-order valence-electron chi connectivity index (χ4n) is 3.44. The number of ether oxygens (including phenoxy) is 1.